The Morgan fingerprint density at radius 2 is 2.19 bits per heavy atom. The van der Waals surface area contributed by atoms with Crippen LogP contribution in [0.25, 0.3) is 5.69 Å². The van der Waals surface area contributed by atoms with E-state index in [9.17, 15) is 17.6 Å². The van der Waals surface area contributed by atoms with Crippen molar-refractivity contribution in [1.82, 2.24) is 9.78 Å². The van der Waals surface area contributed by atoms with Crippen molar-refractivity contribution in [3.05, 3.63) is 41.8 Å². The first-order valence-corrected chi connectivity index (χ1v) is 8.11. The molecule has 1 heterocycles. The van der Waals surface area contributed by atoms with Crippen molar-refractivity contribution < 1.29 is 22.3 Å². The zero-order chi connectivity index (χ0) is 15.6. The van der Waals surface area contributed by atoms with Crippen LogP contribution in [0.5, 0.6) is 0 Å². The van der Waals surface area contributed by atoms with Gasteiger partial charge in [0.1, 0.15) is 11.4 Å². The second kappa shape index (κ2) is 5.82. The highest BCUT2D eigenvalue weighted by Crippen LogP contribution is 2.24. The van der Waals surface area contributed by atoms with Crippen molar-refractivity contribution in [1.29, 1.82) is 0 Å². The standard InChI is InChI=1S/C12H10ClFN2O4S/c1-2-20-12(17)10-7-15-16(11(10)21(13,18)19)9-5-3-4-8(14)6-9/h3-7H,2H2,1H3. The number of carbonyl (C=O) groups is 1. The molecule has 0 saturated heterocycles. The summed E-state index contributed by atoms with van der Waals surface area (Å²) in [6.07, 6.45) is 1.01. The molecule has 0 atom stereocenters. The van der Waals surface area contributed by atoms with Gasteiger partial charge >= 0.3 is 5.97 Å². The quantitative estimate of drug-likeness (QED) is 0.633. The van der Waals surface area contributed by atoms with Crippen LogP contribution in [0, 0.1) is 5.82 Å². The molecule has 0 radical (unpaired) electrons. The van der Waals surface area contributed by atoms with Gasteiger partial charge in [-0.05, 0) is 25.1 Å². The average molecular weight is 333 g/mol. The van der Waals surface area contributed by atoms with Gasteiger partial charge in [-0.3, -0.25) is 0 Å². The van der Waals surface area contributed by atoms with Crippen molar-refractivity contribution in [2.24, 2.45) is 0 Å². The molecule has 0 aliphatic heterocycles. The van der Waals surface area contributed by atoms with E-state index in [1.54, 1.807) is 6.92 Å². The second-order valence-corrected chi connectivity index (χ2v) is 6.39. The number of ether oxygens (including phenoxy) is 1. The predicted octanol–water partition coefficient (Wildman–Crippen LogP) is 2.12. The van der Waals surface area contributed by atoms with Gasteiger partial charge in [0, 0.05) is 10.7 Å². The van der Waals surface area contributed by atoms with Gasteiger partial charge in [-0.1, -0.05) is 6.07 Å². The van der Waals surface area contributed by atoms with Crippen LogP contribution in [-0.4, -0.2) is 30.8 Å². The van der Waals surface area contributed by atoms with Crippen LogP contribution in [0.1, 0.15) is 17.3 Å². The lowest BCUT2D eigenvalue weighted by Crippen LogP contribution is -2.11. The van der Waals surface area contributed by atoms with E-state index in [1.807, 2.05) is 0 Å². The Kier molecular flexibility index (Phi) is 4.29. The van der Waals surface area contributed by atoms with E-state index in [-0.39, 0.29) is 17.9 Å². The lowest BCUT2D eigenvalue weighted by Gasteiger charge is -2.06. The topological polar surface area (TPSA) is 78.3 Å². The van der Waals surface area contributed by atoms with Gasteiger partial charge < -0.3 is 4.74 Å². The fourth-order valence-electron chi connectivity index (χ4n) is 1.71. The summed E-state index contributed by atoms with van der Waals surface area (Å²) in [6.45, 7) is 1.63. The smallest absolute Gasteiger partial charge is 0.342 e. The predicted molar refractivity (Wildman–Crippen MR) is 72.5 cm³/mol. The van der Waals surface area contributed by atoms with Crippen molar-refractivity contribution >= 4 is 25.7 Å². The first-order valence-electron chi connectivity index (χ1n) is 5.80. The van der Waals surface area contributed by atoms with Crippen molar-refractivity contribution in [3.63, 3.8) is 0 Å². The number of rotatable bonds is 4. The number of hydrogen-bond acceptors (Lipinski definition) is 5. The van der Waals surface area contributed by atoms with Gasteiger partial charge in [0.15, 0.2) is 5.03 Å². The minimum absolute atomic E-state index is 0.0613. The fourth-order valence-corrected chi connectivity index (χ4v) is 2.92. The Labute approximate surface area is 124 Å². The molecular formula is C12H10ClFN2O4S. The average Bonchev–Trinajstić information content (AvgIpc) is 2.83. The molecule has 2 rings (SSSR count). The van der Waals surface area contributed by atoms with E-state index >= 15 is 0 Å². The van der Waals surface area contributed by atoms with Gasteiger partial charge in [0.05, 0.1) is 18.5 Å². The van der Waals surface area contributed by atoms with Crippen molar-refractivity contribution in [2.45, 2.75) is 11.9 Å². The monoisotopic (exact) mass is 332 g/mol. The normalized spacial score (nSPS) is 11.4. The number of hydrogen-bond donors (Lipinski definition) is 0. The largest absolute Gasteiger partial charge is 0.462 e. The second-order valence-electron chi connectivity index (χ2n) is 3.91. The first-order chi connectivity index (χ1) is 9.84. The number of benzene rings is 1. The Balaban J connectivity index is 2.66. The number of aromatic nitrogens is 2. The molecular weight excluding hydrogens is 323 g/mol. The summed E-state index contributed by atoms with van der Waals surface area (Å²) in [5.74, 6) is -1.46. The van der Waals surface area contributed by atoms with Crippen LogP contribution in [-0.2, 0) is 13.8 Å². The molecule has 0 fully saturated rings. The van der Waals surface area contributed by atoms with E-state index in [4.69, 9.17) is 15.4 Å². The van der Waals surface area contributed by atoms with E-state index in [0.29, 0.717) is 0 Å². The van der Waals surface area contributed by atoms with E-state index in [1.165, 1.54) is 18.2 Å². The van der Waals surface area contributed by atoms with Gasteiger partial charge in [0.2, 0.25) is 0 Å². The van der Waals surface area contributed by atoms with Gasteiger partial charge in [0.25, 0.3) is 9.05 Å². The first kappa shape index (κ1) is 15.5. The highest BCUT2D eigenvalue weighted by molar-refractivity contribution is 8.13. The Morgan fingerprint density at radius 3 is 2.76 bits per heavy atom. The van der Waals surface area contributed by atoms with Crippen LogP contribution in [0.3, 0.4) is 0 Å². The lowest BCUT2D eigenvalue weighted by atomic mass is 10.3. The molecule has 0 aliphatic carbocycles. The van der Waals surface area contributed by atoms with Crippen LogP contribution >= 0.6 is 10.7 Å². The molecule has 1 aromatic carbocycles. The summed E-state index contributed by atoms with van der Waals surface area (Å²) in [4.78, 5) is 11.8. The maximum atomic E-state index is 13.3. The molecule has 9 heteroatoms. The van der Waals surface area contributed by atoms with Gasteiger partial charge in [-0.15, -0.1) is 0 Å². The third-order valence-electron chi connectivity index (χ3n) is 2.50. The SMILES string of the molecule is CCOC(=O)c1cnn(-c2cccc(F)c2)c1S(=O)(=O)Cl. The van der Waals surface area contributed by atoms with Crippen LogP contribution in [0.15, 0.2) is 35.5 Å². The molecule has 0 unspecified atom stereocenters. The van der Waals surface area contributed by atoms with Crippen molar-refractivity contribution in [3.8, 4) is 5.69 Å². The third-order valence-corrected chi connectivity index (χ3v) is 3.80. The lowest BCUT2D eigenvalue weighted by molar-refractivity contribution is 0.0521. The molecule has 0 N–H and O–H groups in total. The number of esters is 1. The minimum atomic E-state index is -4.30. The molecule has 0 amide bonds. The molecule has 112 valence electrons. The summed E-state index contributed by atoms with van der Waals surface area (Å²) in [5, 5.41) is 3.22. The molecule has 0 bridgehead atoms. The van der Waals surface area contributed by atoms with E-state index in [2.05, 4.69) is 5.10 Å². The van der Waals surface area contributed by atoms with E-state index < -0.39 is 25.9 Å². The summed E-state index contributed by atoms with van der Waals surface area (Å²) in [6, 6.07) is 5.05. The number of carbonyl (C=O) groups excluding carboxylic acids is 1. The van der Waals surface area contributed by atoms with Crippen molar-refractivity contribution in [2.75, 3.05) is 6.61 Å². The number of halogens is 2. The maximum absolute atomic E-state index is 13.3. The highest BCUT2D eigenvalue weighted by atomic mass is 35.7. The molecule has 21 heavy (non-hydrogen) atoms. The summed E-state index contributed by atoms with van der Waals surface area (Å²) < 4.78 is 42.3. The zero-order valence-corrected chi connectivity index (χ0v) is 12.4. The molecule has 6 nitrogen and oxygen atoms in total. The molecule has 0 saturated carbocycles. The molecule has 1 aromatic heterocycles. The molecule has 2 aromatic rings. The maximum Gasteiger partial charge on any atom is 0.342 e. The summed E-state index contributed by atoms with van der Waals surface area (Å²) in [5.41, 5.74) is -0.194. The van der Waals surface area contributed by atoms with Gasteiger partial charge in [-0.2, -0.15) is 5.10 Å². The Bertz CT molecular complexity index is 788. The highest BCUT2D eigenvalue weighted by Gasteiger charge is 2.28. The Hall–Kier alpha value is -1.93. The number of nitrogens with zero attached hydrogens (tertiary/aromatic N) is 2. The van der Waals surface area contributed by atoms with Crippen LogP contribution in [0.4, 0.5) is 4.39 Å². The summed E-state index contributed by atoms with van der Waals surface area (Å²) in [7, 11) is 1.06. The zero-order valence-electron chi connectivity index (χ0n) is 10.8. The van der Waals surface area contributed by atoms with Crippen LogP contribution in [0.2, 0.25) is 0 Å². The van der Waals surface area contributed by atoms with E-state index in [0.717, 1.165) is 16.9 Å². The third kappa shape index (κ3) is 3.22. The molecule has 0 aliphatic rings. The minimum Gasteiger partial charge on any atom is -0.462 e. The molecule has 0 spiro atoms. The van der Waals surface area contributed by atoms with Crippen LogP contribution < -0.4 is 0 Å². The fraction of sp³-hybridized carbons (Fsp3) is 0.167. The Morgan fingerprint density at radius 1 is 1.48 bits per heavy atom. The summed E-state index contributed by atoms with van der Waals surface area (Å²) >= 11 is 0. The van der Waals surface area contributed by atoms with Gasteiger partial charge in [-0.25, -0.2) is 22.3 Å².